The Morgan fingerprint density at radius 1 is 1.10 bits per heavy atom. The van der Waals surface area contributed by atoms with E-state index in [0.717, 1.165) is 18.5 Å². The maximum atomic E-state index is 10.3. The van der Waals surface area contributed by atoms with Crippen LogP contribution >= 0.6 is 0 Å². The first kappa shape index (κ1) is 18.1. The second kappa shape index (κ2) is 9.19. The van der Waals surface area contributed by atoms with Crippen LogP contribution in [0.3, 0.4) is 0 Å². The van der Waals surface area contributed by atoms with Gasteiger partial charge in [0.2, 0.25) is 0 Å². The van der Waals surface area contributed by atoms with E-state index in [1.54, 1.807) is 0 Å². The molecule has 0 aliphatic heterocycles. The molecule has 0 aromatic heterocycles. The van der Waals surface area contributed by atoms with Crippen LogP contribution in [0.4, 0.5) is 0 Å². The van der Waals surface area contributed by atoms with Gasteiger partial charge in [-0.3, -0.25) is 0 Å². The average Bonchev–Trinajstić information content (AvgIpc) is 2.38. The number of aliphatic hydroxyl groups excluding tert-OH is 1. The molecule has 3 heteroatoms. The summed E-state index contributed by atoms with van der Waals surface area (Å²) >= 11 is 0. The summed E-state index contributed by atoms with van der Waals surface area (Å²) in [4.78, 5) is 2.11. The number of hydrogen-bond acceptors (Lipinski definition) is 3. The van der Waals surface area contributed by atoms with Gasteiger partial charge in [0.1, 0.15) is 0 Å². The molecule has 0 aliphatic rings. The number of benzene rings is 1. The van der Waals surface area contributed by atoms with E-state index >= 15 is 0 Å². The van der Waals surface area contributed by atoms with Gasteiger partial charge >= 0.3 is 0 Å². The molecule has 0 bridgehead atoms. The Bertz CT molecular complexity index is 387. The summed E-state index contributed by atoms with van der Waals surface area (Å²) in [6, 6.07) is 8.34. The normalized spacial score (nSPS) is 13.4. The lowest BCUT2D eigenvalue weighted by atomic mass is 10.00. The van der Waals surface area contributed by atoms with Crippen molar-refractivity contribution >= 4 is 0 Å². The van der Waals surface area contributed by atoms with Gasteiger partial charge in [0.05, 0.1) is 18.8 Å². The van der Waals surface area contributed by atoms with Crippen LogP contribution in [-0.4, -0.2) is 42.9 Å². The van der Waals surface area contributed by atoms with Crippen molar-refractivity contribution in [3.63, 3.8) is 0 Å². The van der Waals surface area contributed by atoms with Gasteiger partial charge in [-0.2, -0.15) is 0 Å². The van der Waals surface area contributed by atoms with Crippen molar-refractivity contribution in [1.29, 1.82) is 0 Å². The minimum Gasteiger partial charge on any atom is -0.387 e. The molecule has 0 fully saturated rings. The van der Waals surface area contributed by atoms with Crippen LogP contribution in [0.2, 0.25) is 0 Å². The zero-order chi connectivity index (χ0) is 15.8. The van der Waals surface area contributed by atoms with E-state index in [1.807, 2.05) is 33.0 Å². The Morgan fingerprint density at radius 3 is 2.24 bits per heavy atom. The predicted molar refractivity (Wildman–Crippen MR) is 88.5 cm³/mol. The third-order valence-corrected chi connectivity index (χ3v) is 3.42. The fourth-order valence-corrected chi connectivity index (χ4v) is 2.28. The van der Waals surface area contributed by atoms with Crippen LogP contribution < -0.4 is 0 Å². The molecule has 21 heavy (non-hydrogen) atoms. The maximum absolute atomic E-state index is 10.3. The third kappa shape index (κ3) is 7.60. The molecule has 1 rings (SSSR count). The Morgan fingerprint density at radius 2 is 1.71 bits per heavy atom. The number of rotatable bonds is 9. The molecular weight excluding hydrogens is 262 g/mol. The lowest BCUT2D eigenvalue weighted by molar-refractivity contribution is 0.0519. The summed E-state index contributed by atoms with van der Waals surface area (Å²) in [6.45, 7) is 10.7. The van der Waals surface area contributed by atoms with E-state index in [9.17, 15) is 5.11 Å². The molecule has 1 aromatic rings. The van der Waals surface area contributed by atoms with Gasteiger partial charge in [-0.25, -0.2) is 0 Å². The summed E-state index contributed by atoms with van der Waals surface area (Å²) in [5.74, 6) is 0.660. The standard InChI is InChI=1S/C18H31NO2/c1-14(2)12-16-6-8-17(9-7-16)18(20)13-19(5)10-11-21-15(3)4/h6-9,14-15,18,20H,10-13H2,1-5H3. The minimum atomic E-state index is -0.442. The van der Waals surface area contributed by atoms with E-state index in [4.69, 9.17) is 4.74 Å². The highest BCUT2D eigenvalue weighted by molar-refractivity contribution is 5.24. The highest BCUT2D eigenvalue weighted by Gasteiger charge is 2.11. The second-order valence-electron chi connectivity index (χ2n) is 6.54. The third-order valence-electron chi connectivity index (χ3n) is 3.42. The monoisotopic (exact) mass is 293 g/mol. The zero-order valence-electron chi connectivity index (χ0n) is 14.2. The SMILES string of the molecule is CC(C)Cc1ccc(C(O)CN(C)CCOC(C)C)cc1. The molecule has 1 aromatic carbocycles. The van der Waals surface area contributed by atoms with Gasteiger partial charge in [0.15, 0.2) is 0 Å². The molecule has 120 valence electrons. The van der Waals surface area contributed by atoms with Gasteiger partial charge < -0.3 is 14.7 Å². The molecule has 0 amide bonds. The van der Waals surface area contributed by atoms with Crippen molar-refractivity contribution in [2.45, 2.75) is 46.3 Å². The Hall–Kier alpha value is -0.900. The second-order valence-corrected chi connectivity index (χ2v) is 6.54. The maximum Gasteiger partial charge on any atom is 0.0916 e. The number of aliphatic hydroxyl groups is 1. The number of likely N-dealkylation sites (N-methyl/N-ethyl adjacent to an activating group) is 1. The molecule has 0 heterocycles. The highest BCUT2D eigenvalue weighted by Crippen LogP contribution is 2.16. The fourth-order valence-electron chi connectivity index (χ4n) is 2.28. The summed E-state index contributed by atoms with van der Waals surface area (Å²) in [7, 11) is 2.01. The highest BCUT2D eigenvalue weighted by atomic mass is 16.5. The summed E-state index contributed by atoms with van der Waals surface area (Å²) < 4.78 is 5.53. The lowest BCUT2D eigenvalue weighted by Gasteiger charge is -2.21. The van der Waals surface area contributed by atoms with Crippen LogP contribution in [0.1, 0.15) is 44.9 Å². The summed E-state index contributed by atoms with van der Waals surface area (Å²) in [5.41, 5.74) is 2.32. The molecule has 1 unspecified atom stereocenters. The minimum absolute atomic E-state index is 0.261. The number of ether oxygens (including phenoxy) is 1. The molecule has 0 saturated carbocycles. The Labute approximate surface area is 129 Å². The zero-order valence-corrected chi connectivity index (χ0v) is 14.2. The summed E-state index contributed by atoms with van der Waals surface area (Å²) in [5, 5.41) is 10.3. The van der Waals surface area contributed by atoms with Crippen molar-refractivity contribution in [2.24, 2.45) is 5.92 Å². The number of hydrogen-bond donors (Lipinski definition) is 1. The summed E-state index contributed by atoms with van der Waals surface area (Å²) in [6.07, 6.45) is 0.905. The van der Waals surface area contributed by atoms with Crippen molar-refractivity contribution in [3.05, 3.63) is 35.4 Å². The van der Waals surface area contributed by atoms with Gasteiger partial charge in [-0.1, -0.05) is 38.1 Å². The van der Waals surface area contributed by atoms with E-state index < -0.39 is 6.10 Å². The first-order valence-electron chi connectivity index (χ1n) is 7.95. The van der Waals surface area contributed by atoms with Crippen molar-refractivity contribution in [1.82, 2.24) is 4.90 Å². The topological polar surface area (TPSA) is 32.7 Å². The van der Waals surface area contributed by atoms with Crippen LogP contribution in [0.25, 0.3) is 0 Å². The van der Waals surface area contributed by atoms with E-state index in [-0.39, 0.29) is 6.10 Å². The van der Waals surface area contributed by atoms with Gasteiger partial charge in [-0.05, 0) is 44.4 Å². The molecule has 0 spiro atoms. The van der Waals surface area contributed by atoms with Gasteiger partial charge in [-0.15, -0.1) is 0 Å². The van der Waals surface area contributed by atoms with Gasteiger partial charge in [0, 0.05) is 13.1 Å². The molecule has 0 radical (unpaired) electrons. The average molecular weight is 293 g/mol. The molecule has 0 saturated heterocycles. The van der Waals surface area contributed by atoms with Crippen molar-refractivity contribution in [3.8, 4) is 0 Å². The van der Waals surface area contributed by atoms with Gasteiger partial charge in [0.25, 0.3) is 0 Å². The molecule has 1 atom stereocenters. The quantitative estimate of drug-likeness (QED) is 0.758. The smallest absolute Gasteiger partial charge is 0.0916 e. The van der Waals surface area contributed by atoms with E-state index in [1.165, 1.54) is 5.56 Å². The predicted octanol–water partition coefficient (Wildman–Crippen LogP) is 3.28. The van der Waals surface area contributed by atoms with Crippen molar-refractivity contribution < 1.29 is 9.84 Å². The van der Waals surface area contributed by atoms with Crippen LogP contribution in [0.15, 0.2) is 24.3 Å². The lowest BCUT2D eigenvalue weighted by Crippen LogP contribution is -2.28. The molecule has 1 N–H and O–H groups in total. The van der Waals surface area contributed by atoms with E-state index in [0.29, 0.717) is 19.1 Å². The largest absolute Gasteiger partial charge is 0.387 e. The van der Waals surface area contributed by atoms with Crippen LogP contribution in [0.5, 0.6) is 0 Å². The number of nitrogens with zero attached hydrogens (tertiary/aromatic N) is 1. The van der Waals surface area contributed by atoms with Crippen LogP contribution in [0, 0.1) is 5.92 Å². The molecule has 0 aliphatic carbocycles. The van der Waals surface area contributed by atoms with Crippen LogP contribution in [-0.2, 0) is 11.2 Å². The fraction of sp³-hybridized carbons (Fsp3) is 0.667. The molecular formula is C18H31NO2. The van der Waals surface area contributed by atoms with Crippen molar-refractivity contribution in [2.75, 3.05) is 26.7 Å². The van der Waals surface area contributed by atoms with E-state index in [2.05, 4.69) is 30.9 Å². The Kier molecular flexibility index (Phi) is 7.94. The first-order chi connectivity index (χ1) is 9.88. The molecule has 3 nitrogen and oxygen atoms in total. The first-order valence-corrected chi connectivity index (χ1v) is 7.95. The Balaban J connectivity index is 2.42.